The van der Waals surface area contributed by atoms with Gasteiger partial charge in [-0.2, -0.15) is 0 Å². The van der Waals surface area contributed by atoms with Gasteiger partial charge >= 0.3 is 0 Å². The summed E-state index contributed by atoms with van der Waals surface area (Å²) >= 11 is 0. The average molecular weight is 298 g/mol. The van der Waals surface area contributed by atoms with Gasteiger partial charge in [0.1, 0.15) is 23.5 Å². The summed E-state index contributed by atoms with van der Waals surface area (Å²) in [6, 6.07) is 5.25. The Bertz CT molecular complexity index is 829. The normalized spacial score (nSPS) is 19.1. The van der Waals surface area contributed by atoms with Crippen LogP contribution in [0.5, 0.6) is 5.75 Å². The van der Waals surface area contributed by atoms with E-state index in [1.165, 1.54) is 0 Å². The number of piperidine rings is 1. The molecule has 6 heteroatoms. The molecular weight excluding hydrogens is 280 g/mol. The molecule has 0 radical (unpaired) electrons. The fourth-order valence-electron chi connectivity index (χ4n) is 3.34. The van der Waals surface area contributed by atoms with Gasteiger partial charge in [0.05, 0.1) is 5.39 Å². The van der Waals surface area contributed by atoms with Gasteiger partial charge in [-0.05, 0) is 37.0 Å². The number of H-pyrrole nitrogens is 1. The summed E-state index contributed by atoms with van der Waals surface area (Å²) < 4.78 is 0. The highest BCUT2D eigenvalue weighted by atomic mass is 16.3. The summed E-state index contributed by atoms with van der Waals surface area (Å²) in [4.78, 5) is 14.3. The number of aromatic nitrogens is 3. The first-order valence-electron chi connectivity index (χ1n) is 7.57. The Morgan fingerprint density at radius 3 is 3.09 bits per heavy atom. The molecule has 3 heterocycles. The lowest BCUT2D eigenvalue weighted by atomic mass is 9.99. The van der Waals surface area contributed by atoms with Gasteiger partial charge in [0, 0.05) is 30.6 Å². The standard InChI is InChI=1S/C16H18N4O2/c21-8-10-2-1-5-20(7-10)16-14-12-6-11(22)3-4-13(12)19-15(14)17-9-18-16/h3-4,6,9-10,21-22H,1-2,5,7-8H2,(H,17,18,19). The Hall–Kier alpha value is -2.34. The summed E-state index contributed by atoms with van der Waals surface area (Å²) in [6.07, 6.45) is 3.66. The maximum Gasteiger partial charge on any atom is 0.143 e. The minimum Gasteiger partial charge on any atom is -0.508 e. The number of nitrogens with zero attached hydrogens (tertiary/aromatic N) is 3. The van der Waals surface area contributed by atoms with E-state index in [4.69, 9.17) is 0 Å². The zero-order chi connectivity index (χ0) is 15.1. The highest BCUT2D eigenvalue weighted by Crippen LogP contribution is 2.34. The van der Waals surface area contributed by atoms with Gasteiger partial charge in [-0.15, -0.1) is 0 Å². The number of benzene rings is 1. The highest BCUT2D eigenvalue weighted by Gasteiger charge is 2.23. The van der Waals surface area contributed by atoms with Crippen LogP contribution in [0.3, 0.4) is 0 Å². The lowest BCUT2D eigenvalue weighted by Gasteiger charge is -2.33. The molecular formula is C16H18N4O2. The molecule has 6 nitrogen and oxygen atoms in total. The summed E-state index contributed by atoms with van der Waals surface area (Å²) in [5.74, 6) is 1.40. The maximum atomic E-state index is 9.79. The van der Waals surface area contributed by atoms with E-state index >= 15 is 0 Å². The number of phenols is 1. The highest BCUT2D eigenvalue weighted by molar-refractivity contribution is 6.11. The molecule has 4 rings (SSSR count). The lowest BCUT2D eigenvalue weighted by Crippen LogP contribution is -2.37. The van der Waals surface area contributed by atoms with Crippen molar-refractivity contribution in [3.05, 3.63) is 24.5 Å². The quantitative estimate of drug-likeness (QED) is 0.674. The molecule has 1 atom stereocenters. The third-order valence-electron chi connectivity index (χ3n) is 4.43. The minimum atomic E-state index is 0.208. The van der Waals surface area contributed by atoms with Crippen LogP contribution in [0, 0.1) is 5.92 Å². The molecule has 2 aromatic heterocycles. The molecule has 1 aromatic carbocycles. The summed E-state index contributed by atoms with van der Waals surface area (Å²) in [5.41, 5.74) is 1.71. The number of hydrogen-bond acceptors (Lipinski definition) is 5. The van der Waals surface area contributed by atoms with Crippen LogP contribution in [0.4, 0.5) is 5.82 Å². The molecule has 22 heavy (non-hydrogen) atoms. The average Bonchev–Trinajstić information content (AvgIpc) is 2.92. The zero-order valence-corrected chi connectivity index (χ0v) is 12.2. The van der Waals surface area contributed by atoms with Gasteiger partial charge in [0.15, 0.2) is 0 Å². The van der Waals surface area contributed by atoms with E-state index in [-0.39, 0.29) is 18.3 Å². The van der Waals surface area contributed by atoms with Crippen LogP contribution in [0.2, 0.25) is 0 Å². The van der Waals surface area contributed by atoms with Gasteiger partial charge < -0.3 is 20.1 Å². The second-order valence-corrected chi connectivity index (χ2v) is 5.91. The van der Waals surface area contributed by atoms with Crippen molar-refractivity contribution in [2.75, 3.05) is 24.6 Å². The van der Waals surface area contributed by atoms with Crippen LogP contribution < -0.4 is 4.90 Å². The Morgan fingerprint density at radius 1 is 1.32 bits per heavy atom. The minimum absolute atomic E-state index is 0.208. The fraction of sp³-hybridized carbons (Fsp3) is 0.375. The number of aromatic amines is 1. The van der Waals surface area contributed by atoms with E-state index in [1.54, 1.807) is 18.5 Å². The molecule has 3 N–H and O–H groups in total. The molecule has 0 saturated carbocycles. The van der Waals surface area contributed by atoms with Crippen LogP contribution in [0.25, 0.3) is 21.9 Å². The van der Waals surface area contributed by atoms with Crippen molar-refractivity contribution < 1.29 is 10.2 Å². The van der Waals surface area contributed by atoms with Crippen LogP contribution in [0.1, 0.15) is 12.8 Å². The summed E-state index contributed by atoms with van der Waals surface area (Å²) in [7, 11) is 0. The van der Waals surface area contributed by atoms with Crippen LogP contribution in [-0.4, -0.2) is 44.9 Å². The van der Waals surface area contributed by atoms with Crippen molar-refractivity contribution in [2.45, 2.75) is 12.8 Å². The second kappa shape index (κ2) is 5.14. The largest absolute Gasteiger partial charge is 0.508 e. The SMILES string of the molecule is OCC1CCCN(c2ncnc3[nH]c4ccc(O)cc4c23)C1. The Balaban J connectivity index is 1.90. The molecule has 1 unspecified atom stereocenters. The Morgan fingerprint density at radius 2 is 2.23 bits per heavy atom. The van der Waals surface area contributed by atoms with Crippen molar-refractivity contribution >= 4 is 27.8 Å². The second-order valence-electron chi connectivity index (χ2n) is 5.91. The van der Waals surface area contributed by atoms with Gasteiger partial charge in [-0.1, -0.05) is 0 Å². The maximum absolute atomic E-state index is 9.79. The first-order chi connectivity index (χ1) is 10.8. The number of aliphatic hydroxyl groups is 1. The lowest BCUT2D eigenvalue weighted by molar-refractivity contribution is 0.208. The molecule has 1 saturated heterocycles. The van der Waals surface area contributed by atoms with Crippen LogP contribution >= 0.6 is 0 Å². The summed E-state index contributed by atoms with van der Waals surface area (Å²) in [6.45, 7) is 1.93. The van der Waals surface area contributed by atoms with E-state index in [2.05, 4.69) is 19.9 Å². The smallest absolute Gasteiger partial charge is 0.143 e. The van der Waals surface area contributed by atoms with Gasteiger partial charge in [0.2, 0.25) is 0 Å². The number of fused-ring (bicyclic) bond motifs is 3. The van der Waals surface area contributed by atoms with Crippen molar-refractivity contribution in [2.24, 2.45) is 5.92 Å². The molecule has 0 aliphatic carbocycles. The third kappa shape index (κ3) is 2.07. The molecule has 0 amide bonds. The molecule has 1 fully saturated rings. The summed E-state index contributed by atoms with van der Waals surface area (Å²) in [5, 5.41) is 21.1. The third-order valence-corrected chi connectivity index (χ3v) is 4.43. The van der Waals surface area contributed by atoms with Gasteiger partial charge in [-0.25, -0.2) is 9.97 Å². The van der Waals surface area contributed by atoms with Gasteiger partial charge in [-0.3, -0.25) is 0 Å². The zero-order valence-electron chi connectivity index (χ0n) is 12.2. The van der Waals surface area contributed by atoms with E-state index in [9.17, 15) is 10.2 Å². The van der Waals surface area contributed by atoms with E-state index in [0.29, 0.717) is 0 Å². The number of anilines is 1. The number of aromatic hydroxyl groups is 1. The molecule has 114 valence electrons. The van der Waals surface area contributed by atoms with Crippen molar-refractivity contribution in [1.29, 1.82) is 0 Å². The monoisotopic (exact) mass is 298 g/mol. The van der Waals surface area contributed by atoms with Crippen molar-refractivity contribution in [1.82, 2.24) is 15.0 Å². The molecule has 3 aromatic rings. The molecule has 1 aliphatic heterocycles. The number of rotatable bonds is 2. The van der Waals surface area contributed by atoms with Crippen LogP contribution in [-0.2, 0) is 0 Å². The van der Waals surface area contributed by atoms with Crippen molar-refractivity contribution in [3.8, 4) is 5.75 Å². The topological polar surface area (TPSA) is 85.3 Å². The van der Waals surface area contributed by atoms with E-state index in [1.807, 2.05) is 6.07 Å². The molecule has 0 bridgehead atoms. The first kappa shape index (κ1) is 13.3. The Labute approximate surface area is 127 Å². The first-order valence-corrected chi connectivity index (χ1v) is 7.57. The predicted octanol–water partition coefficient (Wildman–Crippen LogP) is 2.03. The fourth-order valence-corrected chi connectivity index (χ4v) is 3.34. The number of phenolic OH excluding ortho intramolecular Hbond substituents is 1. The van der Waals surface area contributed by atoms with Gasteiger partial charge in [0.25, 0.3) is 0 Å². The van der Waals surface area contributed by atoms with Crippen molar-refractivity contribution in [3.63, 3.8) is 0 Å². The predicted molar refractivity (Wildman–Crippen MR) is 85.1 cm³/mol. The number of nitrogens with one attached hydrogen (secondary N) is 1. The van der Waals surface area contributed by atoms with Crippen LogP contribution in [0.15, 0.2) is 24.5 Å². The number of hydrogen-bond donors (Lipinski definition) is 3. The molecule has 1 aliphatic rings. The van der Waals surface area contributed by atoms with E-state index < -0.39 is 0 Å². The Kier molecular flexibility index (Phi) is 3.11. The van der Waals surface area contributed by atoms with E-state index in [0.717, 1.165) is 53.7 Å². The molecule has 0 spiro atoms. The number of aliphatic hydroxyl groups excluding tert-OH is 1.